The van der Waals surface area contributed by atoms with Crippen molar-refractivity contribution in [3.8, 4) is 0 Å². The Bertz CT molecular complexity index is 475. The van der Waals surface area contributed by atoms with E-state index in [0.29, 0.717) is 19.1 Å². The third kappa shape index (κ3) is 4.37. The van der Waals surface area contributed by atoms with Crippen LogP contribution in [0.15, 0.2) is 0 Å². The molecule has 1 unspecified atom stereocenters. The van der Waals surface area contributed by atoms with Crippen molar-refractivity contribution in [1.82, 2.24) is 10.2 Å². The van der Waals surface area contributed by atoms with E-state index >= 15 is 0 Å². The van der Waals surface area contributed by atoms with Crippen molar-refractivity contribution in [3.63, 3.8) is 0 Å². The molecule has 2 aliphatic rings. The first-order valence-corrected chi connectivity index (χ1v) is 8.40. The SMILES string of the molecule is CC(C)(C)OC(=O)N1CC(CC(=O)O)(NC2CCCC2(C)C)C1. The zero-order chi connectivity index (χ0) is 17.5. The molecule has 1 aliphatic heterocycles. The van der Waals surface area contributed by atoms with E-state index < -0.39 is 17.1 Å². The molecule has 6 heteroatoms. The summed E-state index contributed by atoms with van der Waals surface area (Å²) in [5, 5.41) is 12.8. The minimum atomic E-state index is -0.836. The van der Waals surface area contributed by atoms with Gasteiger partial charge < -0.3 is 20.1 Å². The predicted octanol–water partition coefficient (Wildman–Crippen LogP) is 2.62. The number of carboxylic acid groups (broad SMARTS) is 1. The van der Waals surface area contributed by atoms with E-state index in [1.807, 2.05) is 20.8 Å². The lowest BCUT2D eigenvalue weighted by molar-refractivity contribution is -0.141. The molecule has 0 aromatic rings. The molecule has 1 amide bonds. The summed E-state index contributed by atoms with van der Waals surface area (Å²) in [6.07, 6.45) is 3.01. The molecule has 0 bridgehead atoms. The Morgan fingerprint density at radius 1 is 1.30 bits per heavy atom. The Hall–Kier alpha value is -1.30. The largest absolute Gasteiger partial charge is 0.481 e. The average Bonchev–Trinajstić information content (AvgIpc) is 2.61. The van der Waals surface area contributed by atoms with E-state index in [0.717, 1.165) is 19.3 Å². The van der Waals surface area contributed by atoms with Gasteiger partial charge in [-0.25, -0.2) is 4.79 Å². The third-order valence-corrected chi connectivity index (χ3v) is 4.87. The minimum Gasteiger partial charge on any atom is -0.481 e. The van der Waals surface area contributed by atoms with E-state index in [1.165, 1.54) is 0 Å². The minimum absolute atomic E-state index is 0.0267. The van der Waals surface area contributed by atoms with Crippen LogP contribution >= 0.6 is 0 Å². The molecule has 0 spiro atoms. The lowest BCUT2D eigenvalue weighted by Gasteiger charge is -2.52. The second-order valence-electron chi connectivity index (χ2n) is 8.76. The Morgan fingerprint density at radius 2 is 1.91 bits per heavy atom. The molecule has 1 saturated carbocycles. The second-order valence-corrected chi connectivity index (χ2v) is 8.76. The van der Waals surface area contributed by atoms with Crippen molar-refractivity contribution in [2.45, 2.75) is 77.5 Å². The number of amides is 1. The van der Waals surface area contributed by atoms with Gasteiger partial charge in [-0.3, -0.25) is 4.79 Å². The molecule has 0 radical (unpaired) electrons. The molecular formula is C17H30N2O4. The number of carbonyl (C=O) groups is 2. The van der Waals surface area contributed by atoms with Gasteiger partial charge in [0.2, 0.25) is 0 Å². The van der Waals surface area contributed by atoms with E-state index in [9.17, 15) is 14.7 Å². The number of hydrogen-bond acceptors (Lipinski definition) is 4. The Kier molecular flexibility index (Phi) is 4.68. The number of carbonyl (C=O) groups excluding carboxylic acids is 1. The number of nitrogens with zero attached hydrogens (tertiary/aromatic N) is 1. The standard InChI is InChI=1S/C17H30N2O4/c1-15(2,3)23-14(22)19-10-17(11-19,9-13(20)21)18-12-7-6-8-16(12,4)5/h12,18H,6-11H2,1-5H3,(H,20,21). The molecule has 132 valence electrons. The van der Waals surface area contributed by atoms with Crippen molar-refractivity contribution in [3.05, 3.63) is 0 Å². The quantitative estimate of drug-likeness (QED) is 0.830. The molecule has 1 heterocycles. The molecule has 1 atom stereocenters. The average molecular weight is 326 g/mol. The number of hydrogen-bond donors (Lipinski definition) is 2. The van der Waals surface area contributed by atoms with Crippen LogP contribution in [0.1, 0.15) is 60.3 Å². The molecule has 0 aromatic carbocycles. The van der Waals surface area contributed by atoms with Crippen molar-refractivity contribution in [2.75, 3.05) is 13.1 Å². The number of carboxylic acids is 1. The van der Waals surface area contributed by atoms with Crippen molar-refractivity contribution in [2.24, 2.45) is 5.41 Å². The first kappa shape index (κ1) is 18.0. The van der Waals surface area contributed by atoms with Gasteiger partial charge in [0.05, 0.1) is 12.0 Å². The number of aliphatic carboxylic acids is 1. The normalized spacial score (nSPS) is 25.8. The fourth-order valence-corrected chi connectivity index (χ4v) is 3.65. The van der Waals surface area contributed by atoms with Crippen LogP contribution in [-0.4, -0.2) is 52.3 Å². The molecule has 2 N–H and O–H groups in total. The van der Waals surface area contributed by atoms with E-state index in [2.05, 4.69) is 19.2 Å². The van der Waals surface area contributed by atoms with Crippen LogP contribution in [0.4, 0.5) is 4.79 Å². The zero-order valence-electron chi connectivity index (χ0n) is 14.9. The van der Waals surface area contributed by atoms with Gasteiger partial charge >= 0.3 is 12.1 Å². The van der Waals surface area contributed by atoms with Gasteiger partial charge in [0.15, 0.2) is 0 Å². The molecular weight excluding hydrogens is 296 g/mol. The van der Waals surface area contributed by atoms with Crippen molar-refractivity contribution in [1.29, 1.82) is 0 Å². The molecule has 0 aromatic heterocycles. The fraction of sp³-hybridized carbons (Fsp3) is 0.882. The van der Waals surface area contributed by atoms with Crippen LogP contribution < -0.4 is 5.32 Å². The maximum atomic E-state index is 12.1. The summed E-state index contributed by atoms with van der Waals surface area (Å²) in [7, 11) is 0. The maximum absolute atomic E-state index is 12.1. The van der Waals surface area contributed by atoms with Gasteiger partial charge in [0, 0.05) is 19.1 Å². The predicted molar refractivity (Wildman–Crippen MR) is 87.3 cm³/mol. The number of ether oxygens (including phenoxy) is 1. The lowest BCUT2D eigenvalue weighted by atomic mass is 9.81. The number of nitrogens with one attached hydrogen (secondary N) is 1. The Morgan fingerprint density at radius 3 is 2.35 bits per heavy atom. The Labute approximate surface area is 138 Å². The first-order chi connectivity index (χ1) is 10.4. The highest BCUT2D eigenvalue weighted by Gasteiger charge is 2.51. The molecule has 1 saturated heterocycles. The summed E-state index contributed by atoms with van der Waals surface area (Å²) in [6, 6.07) is 0.294. The highest BCUT2D eigenvalue weighted by Crippen LogP contribution is 2.40. The summed E-state index contributed by atoms with van der Waals surface area (Å²) in [6.45, 7) is 10.7. The summed E-state index contributed by atoms with van der Waals surface area (Å²) in [5.74, 6) is -0.836. The van der Waals surface area contributed by atoms with Crippen LogP contribution in [0, 0.1) is 5.41 Å². The van der Waals surface area contributed by atoms with Gasteiger partial charge in [-0.05, 0) is 39.0 Å². The van der Waals surface area contributed by atoms with Crippen LogP contribution in [0.25, 0.3) is 0 Å². The third-order valence-electron chi connectivity index (χ3n) is 4.87. The molecule has 23 heavy (non-hydrogen) atoms. The lowest BCUT2D eigenvalue weighted by Crippen LogP contribution is -2.73. The molecule has 2 fully saturated rings. The topological polar surface area (TPSA) is 78.9 Å². The van der Waals surface area contributed by atoms with E-state index in [4.69, 9.17) is 4.74 Å². The highest BCUT2D eigenvalue weighted by molar-refractivity contribution is 5.73. The highest BCUT2D eigenvalue weighted by atomic mass is 16.6. The maximum Gasteiger partial charge on any atom is 0.410 e. The van der Waals surface area contributed by atoms with Gasteiger partial charge in [0.25, 0.3) is 0 Å². The van der Waals surface area contributed by atoms with E-state index in [1.54, 1.807) is 4.90 Å². The number of likely N-dealkylation sites (tertiary alicyclic amines) is 1. The number of rotatable bonds is 4. The van der Waals surface area contributed by atoms with Gasteiger partial charge in [-0.15, -0.1) is 0 Å². The second kappa shape index (κ2) is 5.96. The first-order valence-electron chi connectivity index (χ1n) is 8.40. The summed E-state index contributed by atoms with van der Waals surface area (Å²) in [4.78, 5) is 25.0. The van der Waals surface area contributed by atoms with Gasteiger partial charge in [-0.2, -0.15) is 0 Å². The zero-order valence-corrected chi connectivity index (χ0v) is 14.9. The smallest absolute Gasteiger partial charge is 0.410 e. The summed E-state index contributed by atoms with van der Waals surface area (Å²) < 4.78 is 5.36. The molecule has 6 nitrogen and oxygen atoms in total. The Balaban J connectivity index is 2.00. The van der Waals surface area contributed by atoms with Crippen LogP contribution in [0.5, 0.6) is 0 Å². The van der Waals surface area contributed by atoms with Crippen molar-refractivity contribution >= 4 is 12.1 Å². The van der Waals surface area contributed by atoms with Crippen LogP contribution in [0.2, 0.25) is 0 Å². The van der Waals surface area contributed by atoms with Gasteiger partial charge in [0.1, 0.15) is 5.60 Å². The van der Waals surface area contributed by atoms with Crippen LogP contribution in [0.3, 0.4) is 0 Å². The summed E-state index contributed by atoms with van der Waals surface area (Å²) in [5.41, 5.74) is -0.907. The monoisotopic (exact) mass is 326 g/mol. The van der Waals surface area contributed by atoms with Gasteiger partial charge in [-0.1, -0.05) is 20.3 Å². The molecule has 2 rings (SSSR count). The summed E-state index contributed by atoms with van der Waals surface area (Å²) >= 11 is 0. The van der Waals surface area contributed by atoms with E-state index in [-0.39, 0.29) is 17.9 Å². The van der Waals surface area contributed by atoms with Crippen LogP contribution in [-0.2, 0) is 9.53 Å². The fourth-order valence-electron chi connectivity index (χ4n) is 3.65. The molecule has 1 aliphatic carbocycles. The van der Waals surface area contributed by atoms with Crippen molar-refractivity contribution < 1.29 is 19.4 Å².